The van der Waals surface area contributed by atoms with E-state index < -0.39 is 18.2 Å². The van der Waals surface area contributed by atoms with Gasteiger partial charge < -0.3 is 20.3 Å². The third-order valence-electron chi connectivity index (χ3n) is 10.0. The molecule has 0 aromatic rings. The van der Waals surface area contributed by atoms with Crippen molar-refractivity contribution in [3.8, 4) is 0 Å². The molecule has 3 unspecified atom stereocenters. The summed E-state index contributed by atoms with van der Waals surface area (Å²) >= 11 is 0. The number of ether oxygens (including phenoxy) is 1. The van der Waals surface area contributed by atoms with E-state index in [2.05, 4.69) is 86.8 Å². The number of allylic oxidation sites excluding steroid dienone is 11. The average molecular weight is 782 g/mol. The van der Waals surface area contributed by atoms with Gasteiger partial charge in [-0.05, 0) is 57.4 Å². The maximum atomic E-state index is 13.1. The highest BCUT2D eigenvalue weighted by Gasteiger charge is 2.23. The Morgan fingerprint density at radius 1 is 0.536 bits per heavy atom. The van der Waals surface area contributed by atoms with Crippen LogP contribution in [0.2, 0.25) is 0 Å². The van der Waals surface area contributed by atoms with Crippen LogP contribution in [-0.4, -0.2) is 46.9 Å². The topological polar surface area (TPSA) is 95.9 Å². The van der Waals surface area contributed by atoms with Crippen molar-refractivity contribution in [1.82, 2.24) is 5.32 Å². The summed E-state index contributed by atoms with van der Waals surface area (Å²) in [5.74, 6) is -0.636. The standard InChI is InChI=1S/C50H87NO5/c1-4-7-10-13-16-19-21-22-23-24-25-26-28-30-32-35-38-41-46(56-50(55)43-40-37-34-29-18-15-12-9-6-3)44-49(54)51-47(45-52)48(53)42-39-36-33-31-27-20-17-14-11-8-5-2/h7,10,16,19,22-23,25-26,30,32,38,41,46-48,52-53H,4-6,8-9,11-15,17-18,20-21,24,27-29,31,33-37,39-40,42-45H2,1-3H3,(H,51,54)/b10-7-,19-16-,23-22-,26-25-,32-30-,41-38-. The SMILES string of the molecule is CC/C=C\C/C=C\C/C=C\C/C=C\C/C=C\C/C=C\C(CC(=O)NC(CO)C(O)CCCCCCCCCCCCC)OC(=O)CCCCCCCCCCC. The van der Waals surface area contributed by atoms with Gasteiger partial charge in [-0.15, -0.1) is 0 Å². The molecule has 0 saturated carbocycles. The van der Waals surface area contributed by atoms with E-state index in [9.17, 15) is 19.8 Å². The van der Waals surface area contributed by atoms with Gasteiger partial charge >= 0.3 is 5.97 Å². The molecule has 3 atom stereocenters. The van der Waals surface area contributed by atoms with Gasteiger partial charge in [0.15, 0.2) is 0 Å². The molecule has 6 heteroatoms. The molecule has 0 spiro atoms. The Labute approximate surface area is 345 Å². The second-order valence-electron chi connectivity index (χ2n) is 15.4. The molecule has 0 fully saturated rings. The van der Waals surface area contributed by atoms with Gasteiger partial charge in [0.25, 0.3) is 0 Å². The van der Waals surface area contributed by atoms with Crippen LogP contribution in [0.25, 0.3) is 0 Å². The number of amides is 1. The van der Waals surface area contributed by atoms with Crippen LogP contribution in [0.4, 0.5) is 0 Å². The summed E-state index contributed by atoms with van der Waals surface area (Å²) in [6, 6.07) is -0.741. The summed E-state index contributed by atoms with van der Waals surface area (Å²) in [4.78, 5) is 25.9. The second-order valence-corrected chi connectivity index (χ2v) is 15.4. The molecule has 0 saturated heterocycles. The first-order valence-electron chi connectivity index (χ1n) is 23.2. The van der Waals surface area contributed by atoms with Crippen molar-refractivity contribution in [3.63, 3.8) is 0 Å². The Bertz CT molecular complexity index is 1060. The van der Waals surface area contributed by atoms with Gasteiger partial charge in [0.1, 0.15) is 6.10 Å². The van der Waals surface area contributed by atoms with E-state index in [1.807, 2.05) is 6.08 Å². The van der Waals surface area contributed by atoms with E-state index >= 15 is 0 Å². The zero-order valence-corrected chi connectivity index (χ0v) is 36.5. The van der Waals surface area contributed by atoms with Crippen LogP contribution in [0.5, 0.6) is 0 Å². The first-order chi connectivity index (χ1) is 27.5. The lowest BCUT2D eigenvalue weighted by Gasteiger charge is -2.23. The molecule has 0 bridgehead atoms. The lowest BCUT2D eigenvalue weighted by Crippen LogP contribution is -2.46. The van der Waals surface area contributed by atoms with E-state index in [0.29, 0.717) is 19.3 Å². The van der Waals surface area contributed by atoms with Crippen LogP contribution in [0, 0.1) is 0 Å². The van der Waals surface area contributed by atoms with Gasteiger partial charge in [0.2, 0.25) is 5.91 Å². The number of rotatable bonds is 40. The Morgan fingerprint density at radius 3 is 1.36 bits per heavy atom. The van der Waals surface area contributed by atoms with Crippen LogP contribution >= 0.6 is 0 Å². The summed E-state index contributed by atoms with van der Waals surface area (Å²) in [5, 5.41) is 23.6. The highest BCUT2D eigenvalue weighted by molar-refractivity contribution is 5.78. The van der Waals surface area contributed by atoms with Crippen molar-refractivity contribution < 1.29 is 24.5 Å². The molecular weight excluding hydrogens is 695 g/mol. The lowest BCUT2D eigenvalue weighted by molar-refractivity contribution is -0.148. The Kier molecular flexibility index (Phi) is 41.3. The maximum Gasteiger partial charge on any atom is 0.306 e. The minimum Gasteiger partial charge on any atom is -0.458 e. The Morgan fingerprint density at radius 2 is 0.929 bits per heavy atom. The van der Waals surface area contributed by atoms with Crippen LogP contribution < -0.4 is 5.32 Å². The van der Waals surface area contributed by atoms with Crippen molar-refractivity contribution in [2.24, 2.45) is 0 Å². The molecule has 0 aromatic carbocycles. The molecule has 0 aliphatic carbocycles. The molecule has 3 N–H and O–H groups in total. The van der Waals surface area contributed by atoms with Crippen LogP contribution in [0.1, 0.15) is 207 Å². The number of carbonyl (C=O) groups excluding carboxylic acids is 2. The van der Waals surface area contributed by atoms with Gasteiger partial charge in [0, 0.05) is 6.42 Å². The van der Waals surface area contributed by atoms with E-state index in [4.69, 9.17) is 4.74 Å². The number of nitrogens with one attached hydrogen (secondary N) is 1. The maximum absolute atomic E-state index is 13.1. The van der Waals surface area contributed by atoms with Crippen LogP contribution in [0.15, 0.2) is 72.9 Å². The third-order valence-corrected chi connectivity index (χ3v) is 10.0. The summed E-state index contributed by atoms with van der Waals surface area (Å²) in [7, 11) is 0. The van der Waals surface area contributed by atoms with Crippen molar-refractivity contribution >= 4 is 11.9 Å². The quantitative estimate of drug-likeness (QED) is 0.0327. The fraction of sp³-hybridized carbons (Fsp3) is 0.720. The number of unbranched alkanes of at least 4 members (excludes halogenated alkanes) is 18. The highest BCUT2D eigenvalue weighted by Crippen LogP contribution is 2.15. The number of aliphatic hydroxyl groups is 2. The normalized spacial score (nSPS) is 14.0. The smallest absolute Gasteiger partial charge is 0.306 e. The Balaban J connectivity index is 4.79. The van der Waals surface area contributed by atoms with Gasteiger partial charge in [-0.25, -0.2) is 0 Å². The van der Waals surface area contributed by atoms with Gasteiger partial charge in [-0.3, -0.25) is 9.59 Å². The zero-order valence-electron chi connectivity index (χ0n) is 36.5. The summed E-state index contributed by atoms with van der Waals surface area (Å²) < 4.78 is 5.78. The van der Waals surface area contributed by atoms with E-state index in [-0.39, 0.29) is 24.9 Å². The fourth-order valence-corrected chi connectivity index (χ4v) is 6.54. The lowest BCUT2D eigenvalue weighted by atomic mass is 10.0. The average Bonchev–Trinajstić information content (AvgIpc) is 3.19. The minimum absolute atomic E-state index is 0.0483. The van der Waals surface area contributed by atoms with E-state index in [1.165, 1.54) is 89.9 Å². The largest absolute Gasteiger partial charge is 0.458 e. The van der Waals surface area contributed by atoms with Gasteiger partial charge in [0.05, 0.1) is 25.2 Å². The first-order valence-corrected chi connectivity index (χ1v) is 23.2. The monoisotopic (exact) mass is 782 g/mol. The molecule has 0 aliphatic rings. The molecule has 56 heavy (non-hydrogen) atoms. The summed E-state index contributed by atoms with van der Waals surface area (Å²) in [6.07, 6.45) is 54.2. The van der Waals surface area contributed by atoms with Crippen LogP contribution in [0.3, 0.4) is 0 Å². The number of carbonyl (C=O) groups is 2. The van der Waals surface area contributed by atoms with Crippen molar-refractivity contribution in [2.45, 2.75) is 225 Å². The highest BCUT2D eigenvalue weighted by atomic mass is 16.5. The van der Waals surface area contributed by atoms with Crippen LogP contribution in [-0.2, 0) is 14.3 Å². The minimum atomic E-state index is -0.818. The fourth-order valence-electron chi connectivity index (χ4n) is 6.54. The van der Waals surface area contributed by atoms with Gasteiger partial charge in [-0.1, -0.05) is 210 Å². The predicted octanol–water partition coefficient (Wildman–Crippen LogP) is 13.4. The second kappa shape index (κ2) is 43.4. The van der Waals surface area contributed by atoms with Gasteiger partial charge in [-0.2, -0.15) is 0 Å². The molecule has 0 aliphatic heterocycles. The van der Waals surface area contributed by atoms with Crippen molar-refractivity contribution in [3.05, 3.63) is 72.9 Å². The molecule has 0 rings (SSSR count). The molecule has 0 radical (unpaired) electrons. The number of esters is 1. The van der Waals surface area contributed by atoms with E-state index in [1.54, 1.807) is 6.08 Å². The number of aliphatic hydroxyl groups excluding tert-OH is 2. The summed E-state index contributed by atoms with van der Waals surface area (Å²) in [6.45, 7) is 6.29. The predicted molar refractivity (Wildman–Crippen MR) is 241 cm³/mol. The van der Waals surface area contributed by atoms with Crippen molar-refractivity contribution in [2.75, 3.05) is 6.61 Å². The van der Waals surface area contributed by atoms with Crippen molar-refractivity contribution in [1.29, 1.82) is 0 Å². The molecular formula is C50H87NO5. The first kappa shape index (κ1) is 53.3. The Hall–Kier alpha value is -2.70. The zero-order chi connectivity index (χ0) is 41.0. The molecule has 1 amide bonds. The molecule has 322 valence electrons. The summed E-state index contributed by atoms with van der Waals surface area (Å²) in [5.41, 5.74) is 0. The third kappa shape index (κ3) is 38.2. The van der Waals surface area contributed by atoms with E-state index in [0.717, 1.165) is 70.6 Å². The number of hydrogen-bond donors (Lipinski definition) is 3. The molecule has 6 nitrogen and oxygen atoms in total. The number of hydrogen-bond acceptors (Lipinski definition) is 5. The molecule has 0 aromatic heterocycles. The molecule has 0 heterocycles.